The van der Waals surface area contributed by atoms with Crippen molar-refractivity contribution in [3.63, 3.8) is 0 Å². The summed E-state index contributed by atoms with van der Waals surface area (Å²) in [7, 11) is 2.04. The molecular formula is C14H23N3O. The summed E-state index contributed by atoms with van der Waals surface area (Å²) in [6.07, 6.45) is 4.92. The molecule has 0 atom stereocenters. The lowest BCUT2D eigenvalue weighted by Crippen LogP contribution is -2.23. The Kier molecular flexibility index (Phi) is 6.05. The number of benzene rings is 1. The maximum atomic E-state index is 8.78. The van der Waals surface area contributed by atoms with Gasteiger partial charge in [0, 0.05) is 24.8 Å². The highest BCUT2D eigenvalue weighted by Crippen LogP contribution is 2.19. The second-order valence-corrected chi connectivity index (χ2v) is 4.48. The molecule has 0 unspecified atom stereocenters. The van der Waals surface area contributed by atoms with E-state index < -0.39 is 0 Å². The molecule has 0 radical (unpaired) electrons. The number of anilines is 1. The Balaban J connectivity index is 2.70. The molecule has 0 aliphatic carbocycles. The van der Waals surface area contributed by atoms with E-state index in [2.05, 4.69) is 17.0 Å². The molecular weight excluding hydrogens is 226 g/mol. The summed E-state index contributed by atoms with van der Waals surface area (Å²) in [5, 5.41) is 11.9. The molecule has 0 aliphatic heterocycles. The minimum Gasteiger partial charge on any atom is -0.409 e. The number of rotatable bonds is 7. The lowest BCUT2D eigenvalue weighted by atomic mass is 10.1. The van der Waals surface area contributed by atoms with E-state index >= 15 is 0 Å². The van der Waals surface area contributed by atoms with Crippen LogP contribution in [0.4, 0.5) is 5.69 Å². The summed E-state index contributed by atoms with van der Waals surface area (Å²) < 4.78 is 0. The lowest BCUT2D eigenvalue weighted by Gasteiger charge is -2.22. The van der Waals surface area contributed by atoms with E-state index in [1.807, 2.05) is 31.3 Å². The Hall–Kier alpha value is -1.71. The van der Waals surface area contributed by atoms with Crippen LogP contribution in [0.3, 0.4) is 0 Å². The zero-order valence-electron chi connectivity index (χ0n) is 11.3. The first kappa shape index (κ1) is 14.4. The molecule has 4 heteroatoms. The molecule has 0 aromatic heterocycles. The maximum Gasteiger partial charge on any atom is 0.172 e. The van der Waals surface area contributed by atoms with Gasteiger partial charge in [0.2, 0.25) is 0 Å². The Morgan fingerprint density at radius 1 is 1.28 bits per heavy atom. The van der Waals surface area contributed by atoms with E-state index in [1.165, 1.54) is 19.3 Å². The molecule has 1 aromatic rings. The van der Waals surface area contributed by atoms with Gasteiger partial charge in [-0.1, -0.05) is 43.5 Å². The number of nitrogens with zero attached hydrogens (tertiary/aromatic N) is 2. The van der Waals surface area contributed by atoms with Crippen molar-refractivity contribution >= 4 is 11.5 Å². The zero-order valence-corrected chi connectivity index (χ0v) is 11.3. The minimum absolute atomic E-state index is 0.158. The van der Waals surface area contributed by atoms with Gasteiger partial charge >= 0.3 is 0 Å². The molecule has 0 saturated heterocycles. The standard InChI is InChI=1S/C14H23N3O/c1-3-4-5-8-11-17(2)13-10-7-6-9-12(13)14(15)16-18/h6-7,9-10,18H,3-5,8,11H2,1-2H3,(H2,15,16). The molecule has 0 bridgehead atoms. The van der Waals surface area contributed by atoms with Crippen LogP contribution in [0.5, 0.6) is 0 Å². The molecule has 18 heavy (non-hydrogen) atoms. The fourth-order valence-corrected chi connectivity index (χ4v) is 1.97. The molecule has 1 aromatic carbocycles. The van der Waals surface area contributed by atoms with Crippen LogP contribution in [0.15, 0.2) is 29.4 Å². The van der Waals surface area contributed by atoms with Crippen LogP contribution in [0.1, 0.15) is 38.2 Å². The number of hydrogen-bond acceptors (Lipinski definition) is 3. The van der Waals surface area contributed by atoms with Crippen LogP contribution >= 0.6 is 0 Å². The third-order valence-corrected chi connectivity index (χ3v) is 3.05. The monoisotopic (exact) mass is 249 g/mol. The molecule has 3 N–H and O–H groups in total. The summed E-state index contributed by atoms with van der Waals surface area (Å²) in [5.41, 5.74) is 7.46. The Bertz CT molecular complexity index is 390. The number of nitrogens with two attached hydrogens (primary N) is 1. The van der Waals surface area contributed by atoms with Crippen molar-refractivity contribution in [3.8, 4) is 0 Å². The van der Waals surface area contributed by atoms with Gasteiger partial charge in [0.25, 0.3) is 0 Å². The van der Waals surface area contributed by atoms with Crippen LogP contribution in [-0.2, 0) is 0 Å². The molecule has 1 rings (SSSR count). The van der Waals surface area contributed by atoms with E-state index in [0.29, 0.717) is 0 Å². The van der Waals surface area contributed by atoms with Crippen molar-refractivity contribution in [3.05, 3.63) is 29.8 Å². The van der Waals surface area contributed by atoms with Gasteiger partial charge < -0.3 is 15.8 Å². The van der Waals surface area contributed by atoms with Gasteiger partial charge in [-0.25, -0.2) is 0 Å². The first-order valence-electron chi connectivity index (χ1n) is 6.48. The second kappa shape index (κ2) is 7.58. The van der Waals surface area contributed by atoms with Crippen molar-refractivity contribution in [2.75, 3.05) is 18.5 Å². The molecule has 100 valence electrons. The fraction of sp³-hybridized carbons (Fsp3) is 0.500. The number of hydrogen-bond donors (Lipinski definition) is 2. The first-order valence-corrected chi connectivity index (χ1v) is 6.48. The SMILES string of the molecule is CCCCCCN(C)c1ccccc1C(N)=NO. The van der Waals surface area contributed by atoms with E-state index in [9.17, 15) is 0 Å². The quantitative estimate of drug-likeness (QED) is 0.257. The van der Waals surface area contributed by atoms with Gasteiger partial charge in [-0.15, -0.1) is 0 Å². The topological polar surface area (TPSA) is 61.8 Å². The van der Waals surface area contributed by atoms with Crippen LogP contribution in [0, 0.1) is 0 Å². The van der Waals surface area contributed by atoms with Crippen molar-refractivity contribution in [2.45, 2.75) is 32.6 Å². The smallest absolute Gasteiger partial charge is 0.172 e. The van der Waals surface area contributed by atoms with Gasteiger partial charge in [0.15, 0.2) is 5.84 Å². The largest absolute Gasteiger partial charge is 0.409 e. The van der Waals surface area contributed by atoms with E-state index in [1.54, 1.807) is 0 Å². The van der Waals surface area contributed by atoms with E-state index in [4.69, 9.17) is 10.9 Å². The van der Waals surface area contributed by atoms with Crippen LogP contribution < -0.4 is 10.6 Å². The molecule has 0 saturated carbocycles. The molecule has 0 fully saturated rings. The molecule has 0 spiro atoms. The first-order chi connectivity index (χ1) is 8.70. The van der Waals surface area contributed by atoms with E-state index in [-0.39, 0.29) is 5.84 Å². The molecule has 4 nitrogen and oxygen atoms in total. The third-order valence-electron chi connectivity index (χ3n) is 3.05. The van der Waals surface area contributed by atoms with Gasteiger partial charge in [0.1, 0.15) is 0 Å². The maximum absolute atomic E-state index is 8.78. The van der Waals surface area contributed by atoms with Gasteiger partial charge in [-0.05, 0) is 18.6 Å². The number of para-hydroxylation sites is 1. The summed E-state index contributed by atoms with van der Waals surface area (Å²) in [5.74, 6) is 0.158. The summed E-state index contributed by atoms with van der Waals surface area (Å²) >= 11 is 0. The van der Waals surface area contributed by atoms with Gasteiger partial charge in [-0.3, -0.25) is 0 Å². The highest BCUT2D eigenvalue weighted by atomic mass is 16.4. The fourth-order valence-electron chi connectivity index (χ4n) is 1.97. The van der Waals surface area contributed by atoms with Crippen molar-refractivity contribution in [1.29, 1.82) is 0 Å². The average molecular weight is 249 g/mol. The van der Waals surface area contributed by atoms with Crippen molar-refractivity contribution in [1.82, 2.24) is 0 Å². The average Bonchev–Trinajstić information content (AvgIpc) is 2.42. The van der Waals surface area contributed by atoms with Crippen LogP contribution in [-0.4, -0.2) is 24.6 Å². The lowest BCUT2D eigenvalue weighted by molar-refractivity contribution is 0.318. The van der Waals surface area contributed by atoms with E-state index in [0.717, 1.165) is 24.2 Å². The normalized spacial score (nSPS) is 11.6. The molecule has 0 aliphatic rings. The van der Waals surface area contributed by atoms with Crippen molar-refractivity contribution in [2.24, 2.45) is 10.9 Å². The summed E-state index contributed by atoms with van der Waals surface area (Å²) in [6.45, 7) is 3.19. The summed E-state index contributed by atoms with van der Waals surface area (Å²) in [6, 6.07) is 7.72. The number of amidine groups is 1. The number of unbranched alkanes of at least 4 members (excludes halogenated alkanes) is 3. The van der Waals surface area contributed by atoms with Gasteiger partial charge in [0.05, 0.1) is 0 Å². The minimum atomic E-state index is 0.158. The Morgan fingerprint density at radius 2 is 2.00 bits per heavy atom. The van der Waals surface area contributed by atoms with Crippen LogP contribution in [0.2, 0.25) is 0 Å². The highest BCUT2D eigenvalue weighted by molar-refractivity contribution is 6.02. The zero-order chi connectivity index (χ0) is 13.4. The molecule has 0 amide bonds. The highest BCUT2D eigenvalue weighted by Gasteiger charge is 2.09. The van der Waals surface area contributed by atoms with Crippen molar-refractivity contribution < 1.29 is 5.21 Å². The second-order valence-electron chi connectivity index (χ2n) is 4.48. The van der Waals surface area contributed by atoms with Gasteiger partial charge in [-0.2, -0.15) is 0 Å². The predicted molar refractivity (Wildman–Crippen MR) is 76.4 cm³/mol. The van der Waals surface area contributed by atoms with Crippen LogP contribution in [0.25, 0.3) is 0 Å². The molecule has 0 heterocycles. The number of oxime groups is 1. The Labute approximate surface area is 109 Å². The predicted octanol–water partition coefficient (Wildman–Crippen LogP) is 2.80. The summed E-state index contributed by atoms with van der Waals surface area (Å²) in [4.78, 5) is 2.16. The Morgan fingerprint density at radius 3 is 2.67 bits per heavy atom. The third kappa shape index (κ3) is 3.95.